The van der Waals surface area contributed by atoms with Gasteiger partial charge in [0.1, 0.15) is 5.15 Å². The number of aromatic nitrogens is 1. The molecule has 1 aliphatic heterocycles. The van der Waals surface area contributed by atoms with Gasteiger partial charge in [0, 0.05) is 18.3 Å². The Bertz CT molecular complexity index is 478. The molecule has 116 valence electrons. The summed E-state index contributed by atoms with van der Waals surface area (Å²) < 4.78 is 0. The van der Waals surface area contributed by atoms with Gasteiger partial charge in [-0.2, -0.15) is 0 Å². The van der Waals surface area contributed by atoms with Crippen molar-refractivity contribution in [2.24, 2.45) is 5.73 Å². The van der Waals surface area contributed by atoms with E-state index in [1.807, 2.05) is 24.0 Å². The van der Waals surface area contributed by atoms with Crippen LogP contribution in [-0.2, 0) is 4.79 Å². The van der Waals surface area contributed by atoms with E-state index in [2.05, 4.69) is 4.98 Å². The van der Waals surface area contributed by atoms with Crippen LogP contribution in [0.2, 0.25) is 5.15 Å². The van der Waals surface area contributed by atoms with E-state index in [0.29, 0.717) is 10.4 Å². The fraction of sp³-hybridized carbons (Fsp3) is 0.600. The summed E-state index contributed by atoms with van der Waals surface area (Å²) in [7, 11) is 0. The van der Waals surface area contributed by atoms with Crippen molar-refractivity contribution in [1.82, 2.24) is 9.88 Å². The maximum atomic E-state index is 12.2. The van der Waals surface area contributed by atoms with E-state index in [9.17, 15) is 4.79 Å². The number of hydrogen-bond acceptors (Lipinski definition) is 4. The molecule has 0 radical (unpaired) electrons. The molecule has 0 aliphatic carbocycles. The summed E-state index contributed by atoms with van der Waals surface area (Å²) in [6, 6.07) is 5.33. The van der Waals surface area contributed by atoms with Gasteiger partial charge in [-0.15, -0.1) is 11.8 Å². The number of rotatable bonds is 5. The third-order valence-electron chi connectivity index (χ3n) is 3.65. The van der Waals surface area contributed by atoms with Crippen LogP contribution in [0, 0.1) is 0 Å². The Morgan fingerprint density at radius 2 is 2.24 bits per heavy atom. The van der Waals surface area contributed by atoms with Crippen molar-refractivity contribution in [2.75, 3.05) is 13.1 Å². The van der Waals surface area contributed by atoms with Crippen LogP contribution < -0.4 is 5.73 Å². The molecule has 2 rings (SSSR count). The highest BCUT2D eigenvalue weighted by atomic mass is 35.5. The molecular weight excluding hydrogens is 306 g/mol. The number of halogens is 1. The van der Waals surface area contributed by atoms with Crippen LogP contribution >= 0.6 is 23.4 Å². The Labute approximate surface area is 135 Å². The number of piperidine rings is 1. The van der Waals surface area contributed by atoms with Crippen LogP contribution in [0.4, 0.5) is 0 Å². The van der Waals surface area contributed by atoms with E-state index in [4.69, 9.17) is 17.3 Å². The quantitative estimate of drug-likeness (QED) is 0.845. The standard InChI is InChI=1S/C15H22ClN3OS/c1-2-4-12(17)15(20)19-9-7-11(8-10-19)21-14-6-3-5-13(16)18-14/h3,5-6,11-12H,2,4,7-10,17H2,1H3. The largest absolute Gasteiger partial charge is 0.341 e. The normalized spacial score (nSPS) is 17.8. The average molecular weight is 328 g/mol. The van der Waals surface area contributed by atoms with Gasteiger partial charge < -0.3 is 10.6 Å². The Morgan fingerprint density at radius 1 is 1.52 bits per heavy atom. The van der Waals surface area contributed by atoms with Crippen LogP contribution in [0.15, 0.2) is 23.2 Å². The highest BCUT2D eigenvalue weighted by molar-refractivity contribution is 7.99. The van der Waals surface area contributed by atoms with E-state index in [1.54, 1.807) is 17.8 Å². The van der Waals surface area contributed by atoms with Crippen molar-refractivity contribution < 1.29 is 4.79 Å². The summed E-state index contributed by atoms with van der Waals surface area (Å²) in [4.78, 5) is 18.4. The second kappa shape index (κ2) is 8.01. The molecule has 2 N–H and O–H groups in total. The molecule has 1 aromatic heterocycles. The summed E-state index contributed by atoms with van der Waals surface area (Å²) in [5.41, 5.74) is 5.91. The zero-order valence-electron chi connectivity index (χ0n) is 12.3. The Kier molecular flexibility index (Phi) is 6.33. The molecule has 1 aliphatic rings. The van der Waals surface area contributed by atoms with E-state index >= 15 is 0 Å². The summed E-state index contributed by atoms with van der Waals surface area (Å²) in [6.45, 7) is 3.62. The Morgan fingerprint density at radius 3 is 2.86 bits per heavy atom. The number of nitrogens with zero attached hydrogens (tertiary/aromatic N) is 2. The van der Waals surface area contributed by atoms with Gasteiger partial charge in [0.15, 0.2) is 0 Å². The zero-order chi connectivity index (χ0) is 15.2. The van der Waals surface area contributed by atoms with Gasteiger partial charge in [-0.05, 0) is 31.4 Å². The lowest BCUT2D eigenvalue weighted by atomic mass is 10.1. The first-order valence-corrected chi connectivity index (χ1v) is 8.69. The first-order chi connectivity index (χ1) is 10.1. The van der Waals surface area contributed by atoms with Gasteiger partial charge in [-0.1, -0.05) is 31.0 Å². The SMILES string of the molecule is CCCC(N)C(=O)N1CCC(Sc2cccc(Cl)n2)CC1. The zero-order valence-corrected chi connectivity index (χ0v) is 13.9. The highest BCUT2D eigenvalue weighted by Crippen LogP contribution is 2.29. The topological polar surface area (TPSA) is 59.2 Å². The number of thioether (sulfide) groups is 1. The molecule has 2 heterocycles. The monoisotopic (exact) mass is 327 g/mol. The van der Waals surface area contributed by atoms with Crippen LogP contribution in [-0.4, -0.2) is 40.2 Å². The van der Waals surface area contributed by atoms with E-state index in [1.165, 1.54) is 0 Å². The van der Waals surface area contributed by atoms with Crippen molar-refractivity contribution in [3.05, 3.63) is 23.4 Å². The fourth-order valence-corrected chi connectivity index (χ4v) is 3.80. The average Bonchev–Trinajstić information content (AvgIpc) is 2.47. The lowest BCUT2D eigenvalue weighted by Crippen LogP contribution is -2.47. The summed E-state index contributed by atoms with van der Waals surface area (Å²) in [6.07, 6.45) is 3.66. The predicted octanol–water partition coefficient (Wildman–Crippen LogP) is 2.95. The fourth-order valence-electron chi connectivity index (χ4n) is 2.49. The summed E-state index contributed by atoms with van der Waals surface area (Å²) in [5, 5.41) is 1.97. The Hall–Kier alpha value is -0.780. The molecule has 6 heteroatoms. The van der Waals surface area contributed by atoms with Crippen molar-refractivity contribution in [3.8, 4) is 0 Å². The molecule has 1 unspecified atom stereocenters. The van der Waals surface area contributed by atoms with Gasteiger partial charge in [0.25, 0.3) is 0 Å². The van der Waals surface area contributed by atoms with Crippen LogP contribution in [0.1, 0.15) is 32.6 Å². The van der Waals surface area contributed by atoms with E-state index in [-0.39, 0.29) is 11.9 Å². The second-order valence-corrected chi connectivity index (χ2v) is 7.04. The lowest BCUT2D eigenvalue weighted by Gasteiger charge is -2.33. The molecule has 1 aromatic rings. The second-order valence-electron chi connectivity index (χ2n) is 5.34. The molecule has 1 saturated heterocycles. The number of hydrogen-bond donors (Lipinski definition) is 1. The van der Waals surface area contributed by atoms with Crippen molar-refractivity contribution in [1.29, 1.82) is 0 Å². The number of carbonyl (C=O) groups is 1. The summed E-state index contributed by atoms with van der Waals surface area (Å²) in [5.74, 6) is 0.0983. The van der Waals surface area contributed by atoms with Gasteiger partial charge in [0.2, 0.25) is 5.91 Å². The number of likely N-dealkylation sites (tertiary alicyclic amines) is 1. The van der Waals surface area contributed by atoms with Crippen LogP contribution in [0.3, 0.4) is 0 Å². The first kappa shape index (κ1) is 16.6. The lowest BCUT2D eigenvalue weighted by molar-refractivity contribution is -0.133. The van der Waals surface area contributed by atoms with Crippen molar-refractivity contribution in [3.63, 3.8) is 0 Å². The van der Waals surface area contributed by atoms with Crippen LogP contribution in [0.5, 0.6) is 0 Å². The molecule has 1 amide bonds. The van der Waals surface area contributed by atoms with Gasteiger partial charge in [-0.3, -0.25) is 4.79 Å². The molecule has 1 atom stereocenters. The Balaban J connectivity index is 1.82. The predicted molar refractivity (Wildman–Crippen MR) is 87.6 cm³/mol. The maximum Gasteiger partial charge on any atom is 0.239 e. The molecule has 21 heavy (non-hydrogen) atoms. The first-order valence-electron chi connectivity index (χ1n) is 7.43. The minimum Gasteiger partial charge on any atom is -0.341 e. The number of amides is 1. The minimum atomic E-state index is -0.339. The van der Waals surface area contributed by atoms with Gasteiger partial charge in [0.05, 0.1) is 11.1 Å². The molecule has 0 saturated carbocycles. The van der Waals surface area contributed by atoms with E-state index < -0.39 is 0 Å². The van der Waals surface area contributed by atoms with Crippen molar-refractivity contribution in [2.45, 2.75) is 48.9 Å². The van der Waals surface area contributed by atoms with Crippen molar-refractivity contribution >= 4 is 29.3 Å². The maximum absolute atomic E-state index is 12.2. The third-order valence-corrected chi connectivity index (χ3v) is 5.13. The third kappa shape index (κ3) is 4.87. The minimum absolute atomic E-state index is 0.0983. The smallest absolute Gasteiger partial charge is 0.239 e. The van der Waals surface area contributed by atoms with Gasteiger partial charge in [-0.25, -0.2) is 4.98 Å². The molecule has 4 nitrogen and oxygen atoms in total. The number of carbonyl (C=O) groups excluding carboxylic acids is 1. The molecule has 1 fully saturated rings. The molecule has 0 aromatic carbocycles. The van der Waals surface area contributed by atoms with E-state index in [0.717, 1.165) is 43.8 Å². The molecular formula is C15H22ClN3OS. The molecule has 0 bridgehead atoms. The highest BCUT2D eigenvalue weighted by Gasteiger charge is 2.26. The van der Waals surface area contributed by atoms with Gasteiger partial charge >= 0.3 is 0 Å². The summed E-state index contributed by atoms with van der Waals surface area (Å²) >= 11 is 7.65. The number of nitrogens with two attached hydrogens (primary N) is 1. The molecule has 0 spiro atoms. The number of pyridine rings is 1. The van der Waals surface area contributed by atoms with Crippen LogP contribution in [0.25, 0.3) is 0 Å².